The lowest BCUT2D eigenvalue weighted by molar-refractivity contribution is -0.322. The Morgan fingerprint density at radius 2 is 1.33 bits per heavy atom. The van der Waals surface area contributed by atoms with Crippen molar-refractivity contribution >= 4 is 40.2 Å². The summed E-state index contributed by atoms with van der Waals surface area (Å²) in [4.78, 5) is 65.4. The lowest BCUT2D eigenvalue weighted by Gasteiger charge is -2.50. The third-order valence-corrected chi connectivity index (χ3v) is 16.8. The molecular formula is C58H82O26. The van der Waals surface area contributed by atoms with Crippen LogP contribution in [-0.4, -0.2) is 212 Å². The number of aromatic hydroxyl groups is 2. The summed E-state index contributed by atoms with van der Waals surface area (Å²) in [5.41, 5.74) is -1.59. The fraction of sp³-hybridized carbons (Fsp3) is 0.741. The molecule has 4 saturated heterocycles. The molecule has 8 rings (SSSR count). The first-order valence-electron chi connectivity index (χ1n) is 28.6. The molecule has 84 heavy (non-hydrogen) atoms. The van der Waals surface area contributed by atoms with E-state index >= 15 is 4.79 Å². The third-order valence-electron chi connectivity index (χ3n) is 16.8. The van der Waals surface area contributed by atoms with E-state index in [-0.39, 0.29) is 90.2 Å². The summed E-state index contributed by atoms with van der Waals surface area (Å²) < 4.78 is 77.4. The number of phenolic OH excluding ortho intramolecular Hbond substituents is 2. The number of rotatable bonds is 20. The first-order chi connectivity index (χ1) is 39.5. The van der Waals surface area contributed by atoms with E-state index in [4.69, 9.17) is 61.6 Å². The Morgan fingerprint density at radius 3 is 1.95 bits per heavy atom. The van der Waals surface area contributed by atoms with Gasteiger partial charge in [-0.05, 0) is 89.8 Å². The summed E-state index contributed by atoms with van der Waals surface area (Å²) in [6.45, 7) is 14.7. The fourth-order valence-corrected chi connectivity index (χ4v) is 12.8. The van der Waals surface area contributed by atoms with E-state index in [1.807, 2.05) is 0 Å². The Labute approximate surface area is 485 Å². The molecule has 2 aromatic rings. The van der Waals surface area contributed by atoms with Crippen LogP contribution in [0, 0.1) is 18.8 Å². The number of hydrogen-bond donors (Lipinski definition) is 8. The van der Waals surface area contributed by atoms with Gasteiger partial charge in [0.1, 0.15) is 65.6 Å². The highest BCUT2D eigenvalue weighted by Gasteiger charge is 2.55. The molecule has 1 saturated carbocycles. The summed E-state index contributed by atoms with van der Waals surface area (Å²) in [6, 6.07) is 3.03. The van der Waals surface area contributed by atoms with Crippen molar-refractivity contribution in [1.29, 1.82) is 0 Å². The number of benzene rings is 2. The zero-order valence-electron chi connectivity index (χ0n) is 49.0. The molecule has 4 heterocycles. The van der Waals surface area contributed by atoms with E-state index in [9.17, 15) is 60.0 Å². The van der Waals surface area contributed by atoms with E-state index in [1.54, 1.807) is 20.8 Å². The second-order valence-corrected chi connectivity index (χ2v) is 23.5. The van der Waals surface area contributed by atoms with Gasteiger partial charge in [-0.2, -0.15) is 0 Å². The first kappa shape index (κ1) is 65.2. The monoisotopic (exact) mass is 1190 g/mol. The van der Waals surface area contributed by atoms with E-state index in [2.05, 4.69) is 0 Å². The van der Waals surface area contributed by atoms with Gasteiger partial charge in [-0.1, -0.05) is 6.92 Å². The molecule has 5 unspecified atom stereocenters. The zero-order chi connectivity index (χ0) is 61.5. The normalized spacial score (nSPS) is 37.6. The molecule has 0 bridgehead atoms. The molecule has 8 N–H and O–H groups in total. The van der Waals surface area contributed by atoms with Crippen molar-refractivity contribution in [2.24, 2.45) is 11.8 Å². The van der Waals surface area contributed by atoms with Crippen LogP contribution in [0.5, 0.6) is 17.2 Å². The van der Waals surface area contributed by atoms with Crippen molar-refractivity contribution in [2.45, 2.75) is 255 Å². The Morgan fingerprint density at radius 1 is 0.738 bits per heavy atom. The molecule has 26 nitrogen and oxygen atoms in total. The van der Waals surface area contributed by atoms with E-state index in [1.165, 1.54) is 60.8 Å². The smallest absolute Gasteiger partial charge is 0.303 e. The van der Waals surface area contributed by atoms with Crippen LogP contribution < -0.4 is 4.74 Å². The molecule has 24 atom stereocenters. The predicted octanol–water partition coefficient (Wildman–Crippen LogP) is 2.09. The van der Waals surface area contributed by atoms with Crippen LogP contribution in [0.1, 0.15) is 129 Å². The van der Waals surface area contributed by atoms with Crippen molar-refractivity contribution < 1.29 is 126 Å². The van der Waals surface area contributed by atoms with Gasteiger partial charge in [-0.25, -0.2) is 0 Å². The lowest BCUT2D eigenvalue weighted by atomic mass is 9.67. The highest BCUT2D eigenvalue weighted by molar-refractivity contribution is 6.11. The molecular weight excluding hydrogens is 1110 g/mol. The number of hydrogen-bond acceptors (Lipinski definition) is 26. The van der Waals surface area contributed by atoms with Gasteiger partial charge in [0.15, 0.2) is 48.9 Å². The zero-order valence-corrected chi connectivity index (χ0v) is 49.0. The minimum Gasteiger partial charge on any atom is -0.507 e. The molecule has 0 spiro atoms. The number of fused-ring (bicyclic) bond motifs is 2. The minimum atomic E-state index is -1.96. The Hall–Kier alpha value is -4.75. The van der Waals surface area contributed by atoms with Crippen LogP contribution in [-0.2, 0) is 82.4 Å². The standard InChI is InChI=1S/C58H82O26/c1-22-20-58(71,57(22)79-31(10)61)21-40(63)80-37-17-42(75-25(4)48(37)65)82-38-18-44(76-26(5)49(38)66)84-56-35(55(72-11)53(70)50(67)27(6)74-29(8)59)14-32-13-33-15-36(24(3)47(64)45(33)51(68)46(32)52(56)69)81-43-19-39(54(28(7)77-43)78-30(9)60)83-41-16-34(62)12-23(2)73-41/h13,15,22-23,25-28,34-35,37-44,48-50,54-57,62-68,71H,12,14,16-21H2,1-11H3/t22?,23?,25?,26?,27-,28?,34+,35+,37-,38-,39-,40+,41+,42+,43+,44+,48-,49-,50+,54+,55+,56+,57+,58-/m1/s1. The van der Waals surface area contributed by atoms with E-state index in [0.717, 1.165) is 6.92 Å². The van der Waals surface area contributed by atoms with Gasteiger partial charge in [0, 0.05) is 71.5 Å². The van der Waals surface area contributed by atoms with Crippen LogP contribution in [0.4, 0.5) is 0 Å². The Balaban J connectivity index is 1.05. The molecule has 0 aromatic heterocycles. The molecule has 6 aliphatic rings. The topological polar surface area (TPSA) is 367 Å². The van der Waals surface area contributed by atoms with Crippen molar-refractivity contribution in [1.82, 2.24) is 0 Å². The molecule has 0 radical (unpaired) electrons. The molecule has 26 heteroatoms. The summed E-state index contributed by atoms with van der Waals surface area (Å²) in [6.07, 6.45) is -24.4. The Kier molecular flexibility index (Phi) is 20.7. The van der Waals surface area contributed by atoms with Gasteiger partial charge in [-0.15, -0.1) is 0 Å². The summed E-state index contributed by atoms with van der Waals surface area (Å²) in [7, 11) is 1.17. The molecule has 2 aromatic carbocycles. The second kappa shape index (κ2) is 26.7. The molecule has 0 amide bonds. The van der Waals surface area contributed by atoms with Crippen molar-refractivity contribution in [3.05, 3.63) is 28.8 Å². The highest BCUT2D eigenvalue weighted by Crippen LogP contribution is 2.48. The average Bonchev–Trinajstić information content (AvgIpc) is 0.929. The number of aliphatic hydroxyl groups excluding tert-OH is 5. The van der Waals surface area contributed by atoms with Gasteiger partial charge in [0.05, 0.1) is 53.7 Å². The number of ether oxygens (including phenoxy) is 13. The highest BCUT2D eigenvalue weighted by atomic mass is 16.7. The number of phenols is 2. The molecule has 2 aliphatic carbocycles. The summed E-state index contributed by atoms with van der Waals surface area (Å²) in [5.74, 6) is -6.37. The maximum atomic E-state index is 15.2. The van der Waals surface area contributed by atoms with Crippen LogP contribution in [0.25, 0.3) is 10.8 Å². The Bertz CT molecular complexity index is 2690. The lowest BCUT2D eigenvalue weighted by Crippen LogP contribution is -2.61. The van der Waals surface area contributed by atoms with Crippen molar-refractivity contribution in [3.8, 4) is 17.2 Å². The largest absolute Gasteiger partial charge is 0.507 e. The maximum Gasteiger partial charge on any atom is 0.303 e. The number of Topliss-reactive ketones (excluding diaryl/α,β-unsaturated/α-hetero) is 2. The van der Waals surface area contributed by atoms with Crippen LogP contribution in [0.2, 0.25) is 0 Å². The first-order valence-corrected chi connectivity index (χ1v) is 28.6. The third kappa shape index (κ3) is 14.3. The van der Waals surface area contributed by atoms with Gasteiger partial charge in [0.25, 0.3) is 0 Å². The second-order valence-electron chi connectivity index (χ2n) is 23.5. The predicted molar refractivity (Wildman–Crippen MR) is 286 cm³/mol. The quantitative estimate of drug-likeness (QED) is 0.0534. The van der Waals surface area contributed by atoms with Gasteiger partial charge in [0.2, 0.25) is 6.29 Å². The minimum absolute atomic E-state index is 0.00563. The summed E-state index contributed by atoms with van der Waals surface area (Å²) >= 11 is 0. The van der Waals surface area contributed by atoms with Crippen molar-refractivity contribution in [2.75, 3.05) is 7.11 Å². The SMILES string of the molecule is CO[C@H](C(=O)[C@@H](O)[C@@H](C)OC(C)=O)[C@@H]1Cc2cc3cc(O[C@H]4C[C@@H](O[C@H]5C[C@@H](O)CC(C)O5)[C@@H](OC(C)=O)C(C)O4)c(C)c(O)c3c(O)c2C(=O)[C@H]1O[C@H]1C[C@@H](O[C@H]2C[C@@H](O[C@H](O)C[C@]3(O)CC(C)[C@@H]3OC(C)=O)[C@H](O)C(C)O2)[C@H](O)C(C)O1. The van der Waals surface area contributed by atoms with Gasteiger partial charge in [-0.3, -0.25) is 24.0 Å². The average molecular weight is 1200 g/mol. The number of aliphatic hydroxyl groups is 6. The number of carbonyl (C=O) groups is 5. The van der Waals surface area contributed by atoms with Gasteiger partial charge >= 0.3 is 17.9 Å². The van der Waals surface area contributed by atoms with Crippen molar-refractivity contribution in [3.63, 3.8) is 0 Å². The number of carbonyl (C=O) groups excluding carboxylic acids is 5. The summed E-state index contributed by atoms with van der Waals surface area (Å²) in [5, 5.41) is 90.7. The van der Waals surface area contributed by atoms with Crippen LogP contribution in [0.15, 0.2) is 12.1 Å². The fourth-order valence-electron chi connectivity index (χ4n) is 12.8. The van der Waals surface area contributed by atoms with Crippen LogP contribution in [0.3, 0.4) is 0 Å². The molecule has 470 valence electrons. The maximum absolute atomic E-state index is 15.2. The van der Waals surface area contributed by atoms with E-state index in [0.29, 0.717) is 6.42 Å². The number of ketones is 2. The van der Waals surface area contributed by atoms with E-state index < -0.39 is 176 Å². The molecule has 5 fully saturated rings. The van der Waals surface area contributed by atoms with Gasteiger partial charge < -0.3 is 102 Å². The number of methoxy groups -OCH3 is 1. The number of esters is 3. The molecule has 4 aliphatic heterocycles. The van der Waals surface area contributed by atoms with Crippen LogP contribution >= 0.6 is 0 Å².